The standard InChI is InChI=1S/C12H14N2OS/c1-9(2)16-8-12(15)14-11-5-3-4-10(6-11)7-13/h3-6,9H,8H2,1-2H3,(H,14,15). The van der Waals surface area contributed by atoms with Gasteiger partial charge in [-0.15, -0.1) is 11.8 Å². The Kier molecular flexibility index (Phi) is 4.87. The van der Waals surface area contributed by atoms with Crippen LogP contribution in [0.25, 0.3) is 0 Å². The highest BCUT2D eigenvalue weighted by molar-refractivity contribution is 8.00. The Labute approximate surface area is 99.8 Å². The molecule has 1 rings (SSSR count). The fourth-order valence-electron chi connectivity index (χ4n) is 1.11. The molecule has 1 amide bonds. The number of benzene rings is 1. The molecular weight excluding hydrogens is 220 g/mol. The first-order valence-electron chi connectivity index (χ1n) is 5.03. The van der Waals surface area contributed by atoms with Crippen molar-refractivity contribution in [3.8, 4) is 6.07 Å². The molecule has 0 heterocycles. The molecule has 3 nitrogen and oxygen atoms in total. The molecule has 0 saturated heterocycles. The van der Waals surface area contributed by atoms with E-state index < -0.39 is 0 Å². The first-order valence-corrected chi connectivity index (χ1v) is 6.08. The van der Waals surface area contributed by atoms with Crippen LogP contribution in [-0.4, -0.2) is 16.9 Å². The van der Waals surface area contributed by atoms with E-state index in [0.29, 0.717) is 22.3 Å². The zero-order valence-electron chi connectivity index (χ0n) is 9.36. The predicted molar refractivity (Wildman–Crippen MR) is 67.4 cm³/mol. The third-order valence-electron chi connectivity index (χ3n) is 1.82. The van der Waals surface area contributed by atoms with Crippen LogP contribution in [0.3, 0.4) is 0 Å². The van der Waals surface area contributed by atoms with Crippen LogP contribution in [0.2, 0.25) is 0 Å². The first-order chi connectivity index (χ1) is 7.61. The van der Waals surface area contributed by atoms with Crippen molar-refractivity contribution in [1.82, 2.24) is 0 Å². The zero-order chi connectivity index (χ0) is 12.0. The first kappa shape index (κ1) is 12.6. The van der Waals surface area contributed by atoms with E-state index in [1.807, 2.05) is 19.9 Å². The van der Waals surface area contributed by atoms with Crippen molar-refractivity contribution in [3.05, 3.63) is 29.8 Å². The number of hydrogen-bond donors (Lipinski definition) is 1. The Morgan fingerprint density at radius 2 is 2.31 bits per heavy atom. The van der Waals surface area contributed by atoms with Gasteiger partial charge in [0.2, 0.25) is 5.91 Å². The number of carbonyl (C=O) groups is 1. The maximum absolute atomic E-state index is 11.5. The van der Waals surface area contributed by atoms with Gasteiger partial charge in [0, 0.05) is 5.69 Å². The van der Waals surface area contributed by atoms with Crippen LogP contribution in [0.1, 0.15) is 19.4 Å². The van der Waals surface area contributed by atoms with Crippen LogP contribution in [0.5, 0.6) is 0 Å². The van der Waals surface area contributed by atoms with Gasteiger partial charge in [-0.3, -0.25) is 4.79 Å². The highest BCUT2D eigenvalue weighted by atomic mass is 32.2. The van der Waals surface area contributed by atoms with E-state index in [4.69, 9.17) is 5.26 Å². The summed E-state index contributed by atoms with van der Waals surface area (Å²) in [7, 11) is 0. The van der Waals surface area contributed by atoms with Gasteiger partial charge in [-0.05, 0) is 23.4 Å². The van der Waals surface area contributed by atoms with Gasteiger partial charge in [-0.25, -0.2) is 0 Å². The largest absolute Gasteiger partial charge is 0.325 e. The quantitative estimate of drug-likeness (QED) is 0.871. The number of rotatable bonds is 4. The van der Waals surface area contributed by atoms with E-state index in [-0.39, 0.29) is 5.91 Å². The molecule has 0 atom stereocenters. The molecule has 0 radical (unpaired) electrons. The molecule has 0 aromatic heterocycles. The maximum atomic E-state index is 11.5. The lowest BCUT2D eigenvalue weighted by molar-refractivity contribution is -0.113. The topological polar surface area (TPSA) is 52.9 Å². The number of nitriles is 1. The summed E-state index contributed by atoms with van der Waals surface area (Å²) in [6, 6.07) is 8.94. The van der Waals surface area contributed by atoms with Gasteiger partial charge in [0.25, 0.3) is 0 Å². The Bertz CT molecular complexity index is 410. The fourth-order valence-corrected chi connectivity index (χ4v) is 1.66. The highest BCUT2D eigenvalue weighted by Crippen LogP contribution is 2.12. The molecule has 0 aliphatic carbocycles. The lowest BCUT2D eigenvalue weighted by atomic mass is 10.2. The molecule has 84 valence electrons. The number of nitrogens with one attached hydrogen (secondary N) is 1. The third-order valence-corrected chi connectivity index (χ3v) is 2.92. The van der Waals surface area contributed by atoms with Crippen LogP contribution in [0.15, 0.2) is 24.3 Å². The van der Waals surface area contributed by atoms with Crippen LogP contribution < -0.4 is 5.32 Å². The van der Waals surface area contributed by atoms with Crippen molar-refractivity contribution in [2.75, 3.05) is 11.1 Å². The average molecular weight is 234 g/mol. The van der Waals surface area contributed by atoms with Crippen molar-refractivity contribution in [2.24, 2.45) is 0 Å². The molecule has 1 aromatic carbocycles. The summed E-state index contributed by atoms with van der Waals surface area (Å²) < 4.78 is 0. The summed E-state index contributed by atoms with van der Waals surface area (Å²) in [6.45, 7) is 4.10. The predicted octanol–water partition coefficient (Wildman–Crippen LogP) is 2.64. The molecule has 0 spiro atoms. The lowest BCUT2D eigenvalue weighted by Crippen LogP contribution is -2.15. The summed E-state index contributed by atoms with van der Waals surface area (Å²) in [6.07, 6.45) is 0. The van der Waals surface area contributed by atoms with E-state index in [1.54, 1.807) is 36.0 Å². The fraction of sp³-hybridized carbons (Fsp3) is 0.333. The van der Waals surface area contributed by atoms with Gasteiger partial charge >= 0.3 is 0 Å². The molecule has 0 aliphatic heterocycles. The van der Waals surface area contributed by atoms with Crippen molar-refractivity contribution in [1.29, 1.82) is 5.26 Å². The second-order valence-electron chi connectivity index (χ2n) is 3.60. The molecule has 0 bridgehead atoms. The number of hydrogen-bond acceptors (Lipinski definition) is 3. The second kappa shape index (κ2) is 6.19. The van der Waals surface area contributed by atoms with Gasteiger partial charge in [-0.2, -0.15) is 5.26 Å². The molecule has 0 aliphatic rings. The minimum atomic E-state index is -0.0335. The molecule has 1 N–H and O–H groups in total. The molecule has 0 saturated carbocycles. The SMILES string of the molecule is CC(C)SCC(=O)Nc1cccc(C#N)c1. The van der Waals surface area contributed by atoms with Gasteiger partial charge in [0.05, 0.1) is 17.4 Å². The highest BCUT2D eigenvalue weighted by Gasteiger charge is 2.04. The lowest BCUT2D eigenvalue weighted by Gasteiger charge is -2.06. The number of anilines is 1. The molecule has 4 heteroatoms. The summed E-state index contributed by atoms with van der Waals surface area (Å²) >= 11 is 1.59. The summed E-state index contributed by atoms with van der Waals surface area (Å²) in [5.74, 6) is 0.405. The van der Waals surface area contributed by atoms with Crippen molar-refractivity contribution >= 4 is 23.4 Å². The number of amides is 1. The van der Waals surface area contributed by atoms with Gasteiger partial charge in [0.15, 0.2) is 0 Å². The summed E-state index contributed by atoms with van der Waals surface area (Å²) in [5.41, 5.74) is 1.22. The van der Waals surface area contributed by atoms with E-state index >= 15 is 0 Å². The Morgan fingerprint density at radius 1 is 1.56 bits per heavy atom. The van der Waals surface area contributed by atoms with Crippen molar-refractivity contribution in [2.45, 2.75) is 19.1 Å². The smallest absolute Gasteiger partial charge is 0.234 e. The van der Waals surface area contributed by atoms with Gasteiger partial charge < -0.3 is 5.32 Å². The van der Waals surface area contributed by atoms with Crippen molar-refractivity contribution in [3.63, 3.8) is 0 Å². The Morgan fingerprint density at radius 3 is 2.94 bits per heavy atom. The average Bonchev–Trinajstić information content (AvgIpc) is 2.26. The molecule has 1 aromatic rings. The summed E-state index contributed by atoms with van der Waals surface area (Å²) in [5, 5.41) is 11.9. The van der Waals surface area contributed by atoms with Crippen LogP contribution in [-0.2, 0) is 4.79 Å². The van der Waals surface area contributed by atoms with E-state index in [2.05, 4.69) is 5.32 Å². The van der Waals surface area contributed by atoms with Gasteiger partial charge in [0.1, 0.15) is 0 Å². The number of thioether (sulfide) groups is 1. The maximum Gasteiger partial charge on any atom is 0.234 e. The third kappa shape index (κ3) is 4.37. The molecule has 0 unspecified atom stereocenters. The molecule has 0 fully saturated rings. The van der Waals surface area contributed by atoms with Gasteiger partial charge in [-0.1, -0.05) is 19.9 Å². The Balaban J connectivity index is 2.53. The second-order valence-corrected chi connectivity index (χ2v) is 5.17. The molecule has 16 heavy (non-hydrogen) atoms. The van der Waals surface area contributed by atoms with Crippen molar-refractivity contribution < 1.29 is 4.79 Å². The van der Waals surface area contributed by atoms with E-state index in [9.17, 15) is 4.79 Å². The minimum Gasteiger partial charge on any atom is -0.325 e. The summed E-state index contributed by atoms with van der Waals surface area (Å²) in [4.78, 5) is 11.5. The minimum absolute atomic E-state index is 0.0335. The number of nitrogens with zero attached hydrogens (tertiary/aromatic N) is 1. The molecular formula is C12H14N2OS. The van der Waals surface area contributed by atoms with Crippen LogP contribution in [0, 0.1) is 11.3 Å². The van der Waals surface area contributed by atoms with E-state index in [0.717, 1.165) is 0 Å². The monoisotopic (exact) mass is 234 g/mol. The Hall–Kier alpha value is -1.47. The van der Waals surface area contributed by atoms with Crippen LogP contribution in [0.4, 0.5) is 5.69 Å². The van der Waals surface area contributed by atoms with Crippen LogP contribution >= 0.6 is 11.8 Å². The number of carbonyl (C=O) groups excluding carboxylic acids is 1. The van der Waals surface area contributed by atoms with E-state index in [1.165, 1.54) is 0 Å². The normalized spacial score (nSPS) is 9.88. The zero-order valence-corrected chi connectivity index (χ0v) is 10.2.